The fourth-order valence-corrected chi connectivity index (χ4v) is 1.84. The molecule has 1 unspecified atom stereocenters. The summed E-state index contributed by atoms with van der Waals surface area (Å²) in [5.41, 5.74) is 1.41. The molecule has 0 aliphatic heterocycles. The predicted octanol–water partition coefficient (Wildman–Crippen LogP) is 4.28. The molecule has 1 aromatic rings. The van der Waals surface area contributed by atoms with E-state index >= 15 is 0 Å². The van der Waals surface area contributed by atoms with Gasteiger partial charge in [-0.25, -0.2) is 0 Å². The van der Waals surface area contributed by atoms with E-state index in [-0.39, 0.29) is 10.8 Å². The second-order valence-corrected chi connectivity index (χ2v) is 5.39. The summed E-state index contributed by atoms with van der Waals surface area (Å²) in [4.78, 5) is 0. The van der Waals surface area contributed by atoms with Crippen molar-refractivity contribution >= 4 is 11.6 Å². The lowest BCUT2D eigenvalue weighted by Crippen LogP contribution is -2.25. The van der Waals surface area contributed by atoms with Gasteiger partial charge in [-0.3, -0.25) is 0 Å². The van der Waals surface area contributed by atoms with Crippen LogP contribution in [0.2, 0.25) is 0 Å². The van der Waals surface area contributed by atoms with Crippen LogP contribution < -0.4 is 4.74 Å². The molecule has 1 atom stereocenters. The summed E-state index contributed by atoms with van der Waals surface area (Å²) in [6.45, 7) is 6.61. The molecule has 0 spiro atoms. The number of halogens is 1. The smallest absolute Gasteiger partial charge is 0.119 e. The maximum atomic E-state index is 6.46. The Morgan fingerprint density at radius 1 is 1.38 bits per heavy atom. The van der Waals surface area contributed by atoms with Gasteiger partial charge in [0.1, 0.15) is 5.75 Å². The van der Waals surface area contributed by atoms with Gasteiger partial charge in [-0.05, 0) is 36.0 Å². The molecule has 90 valence electrons. The van der Waals surface area contributed by atoms with Crippen molar-refractivity contribution in [2.24, 2.45) is 5.41 Å². The summed E-state index contributed by atoms with van der Waals surface area (Å²) in [5.74, 6) is 0.899. The quantitative estimate of drug-likeness (QED) is 0.698. The number of alkyl halides is 1. The fraction of sp³-hybridized carbons (Fsp3) is 0.571. The molecule has 0 aliphatic carbocycles. The average Bonchev–Trinajstić information content (AvgIpc) is 2.29. The number of benzene rings is 1. The third-order valence-electron chi connectivity index (χ3n) is 3.31. The van der Waals surface area contributed by atoms with Gasteiger partial charge < -0.3 is 4.74 Å². The van der Waals surface area contributed by atoms with Crippen molar-refractivity contribution in [1.82, 2.24) is 0 Å². The molecule has 0 heterocycles. The van der Waals surface area contributed by atoms with Crippen molar-refractivity contribution in [1.29, 1.82) is 0 Å². The molecule has 0 saturated carbocycles. The van der Waals surface area contributed by atoms with Gasteiger partial charge in [-0.1, -0.05) is 32.9 Å². The summed E-state index contributed by atoms with van der Waals surface area (Å²) >= 11 is 6.46. The number of hydrogen-bond donors (Lipinski definition) is 0. The van der Waals surface area contributed by atoms with E-state index in [1.54, 1.807) is 7.11 Å². The SMILES string of the molecule is CCC(C)(C)C(Cl)Cc1cccc(OC)c1. The molecule has 1 nitrogen and oxygen atoms in total. The predicted molar refractivity (Wildman–Crippen MR) is 70.4 cm³/mol. The molecule has 1 aromatic carbocycles. The first-order valence-electron chi connectivity index (χ1n) is 5.76. The Morgan fingerprint density at radius 2 is 2.06 bits per heavy atom. The lowest BCUT2D eigenvalue weighted by Gasteiger charge is -2.28. The van der Waals surface area contributed by atoms with Crippen LogP contribution in [0.4, 0.5) is 0 Å². The molecule has 0 aromatic heterocycles. The molecule has 2 heteroatoms. The monoisotopic (exact) mass is 240 g/mol. The second-order valence-electron chi connectivity index (χ2n) is 4.87. The van der Waals surface area contributed by atoms with Crippen LogP contribution >= 0.6 is 11.6 Å². The summed E-state index contributed by atoms with van der Waals surface area (Å²) < 4.78 is 5.21. The van der Waals surface area contributed by atoms with E-state index in [0.717, 1.165) is 18.6 Å². The van der Waals surface area contributed by atoms with E-state index in [0.29, 0.717) is 0 Å². The van der Waals surface area contributed by atoms with Gasteiger partial charge in [0.05, 0.1) is 7.11 Å². The van der Waals surface area contributed by atoms with Crippen LogP contribution in [0.3, 0.4) is 0 Å². The van der Waals surface area contributed by atoms with Crippen molar-refractivity contribution in [2.45, 2.75) is 39.0 Å². The average molecular weight is 241 g/mol. The highest BCUT2D eigenvalue weighted by Crippen LogP contribution is 2.31. The number of rotatable bonds is 5. The normalized spacial score (nSPS) is 13.6. The Kier molecular flexibility index (Phi) is 4.67. The van der Waals surface area contributed by atoms with Gasteiger partial charge >= 0.3 is 0 Å². The Hall–Kier alpha value is -0.690. The van der Waals surface area contributed by atoms with E-state index < -0.39 is 0 Å². The van der Waals surface area contributed by atoms with E-state index in [1.807, 2.05) is 12.1 Å². The maximum Gasteiger partial charge on any atom is 0.119 e. The summed E-state index contributed by atoms with van der Waals surface area (Å²) in [6, 6.07) is 8.12. The molecule has 0 fully saturated rings. The standard InChI is InChI=1S/C14H21ClO/c1-5-14(2,3)13(15)10-11-7-6-8-12(9-11)16-4/h6-9,13H,5,10H2,1-4H3. The minimum Gasteiger partial charge on any atom is -0.497 e. The third-order valence-corrected chi connectivity index (χ3v) is 4.05. The van der Waals surface area contributed by atoms with E-state index in [9.17, 15) is 0 Å². The lowest BCUT2D eigenvalue weighted by atomic mass is 9.83. The Bertz CT molecular complexity index is 333. The fourth-order valence-electron chi connectivity index (χ4n) is 1.50. The first-order valence-corrected chi connectivity index (χ1v) is 6.20. The topological polar surface area (TPSA) is 9.23 Å². The highest BCUT2D eigenvalue weighted by molar-refractivity contribution is 6.21. The zero-order chi connectivity index (χ0) is 12.2. The largest absolute Gasteiger partial charge is 0.497 e. The minimum absolute atomic E-state index is 0.157. The molecule has 0 saturated heterocycles. The van der Waals surface area contributed by atoms with E-state index in [4.69, 9.17) is 16.3 Å². The van der Waals surface area contributed by atoms with Gasteiger partial charge in [0, 0.05) is 5.38 Å². The van der Waals surface area contributed by atoms with Crippen molar-refractivity contribution < 1.29 is 4.74 Å². The van der Waals surface area contributed by atoms with E-state index in [2.05, 4.69) is 32.9 Å². The first kappa shape index (κ1) is 13.4. The van der Waals surface area contributed by atoms with Gasteiger partial charge in [-0.2, -0.15) is 0 Å². The van der Waals surface area contributed by atoms with Crippen LogP contribution in [0.1, 0.15) is 32.8 Å². The molecular weight excluding hydrogens is 220 g/mol. The number of hydrogen-bond acceptors (Lipinski definition) is 1. The van der Waals surface area contributed by atoms with Crippen LogP contribution in [-0.4, -0.2) is 12.5 Å². The Balaban J connectivity index is 2.72. The molecule has 1 rings (SSSR count). The molecule has 0 amide bonds. The highest BCUT2D eigenvalue weighted by Gasteiger charge is 2.25. The highest BCUT2D eigenvalue weighted by atomic mass is 35.5. The Labute approximate surface area is 104 Å². The van der Waals surface area contributed by atoms with Gasteiger partial charge in [-0.15, -0.1) is 11.6 Å². The van der Waals surface area contributed by atoms with Gasteiger partial charge in [0.2, 0.25) is 0 Å². The Morgan fingerprint density at radius 3 is 2.62 bits per heavy atom. The molecule has 0 N–H and O–H groups in total. The minimum atomic E-state index is 0.157. The van der Waals surface area contributed by atoms with Crippen molar-refractivity contribution in [3.8, 4) is 5.75 Å². The zero-order valence-corrected chi connectivity index (χ0v) is 11.3. The van der Waals surface area contributed by atoms with Crippen LogP contribution in [0.5, 0.6) is 5.75 Å². The number of ether oxygens (including phenoxy) is 1. The summed E-state index contributed by atoms with van der Waals surface area (Å²) in [5, 5.41) is 0.157. The van der Waals surface area contributed by atoms with Crippen LogP contribution in [0.25, 0.3) is 0 Å². The second kappa shape index (κ2) is 5.58. The zero-order valence-electron chi connectivity index (χ0n) is 10.6. The maximum absolute atomic E-state index is 6.46. The third kappa shape index (κ3) is 3.41. The van der Waals surface area contributed by atoms with Crippen LogP contribution in [0, 0.1) is 5.41 Å². The molecule has 0 radical (unpaired) electrons. The van der Waals surface area contributed by atoms with Gasteiger partial charge in [0.25, 0.3) is 0 Å². The lowest BCUT2D eigenvalue weighted by molar-refractivity contribution is 0.329. The number of methoxy groups -OCH3 is 1. The molecular formula is C14H21ClO. The molecule has 16 heavy (non-hydrogen) atoms. The van der Waals surface area contributed by atoms with Crippen LogP contribution in [-0.2, 0) is 6.42 Å². The van der Waals surface area contributed by atoms with Crippen LogP contribution in [0.15, 0.2) is 24.3 Å². The van der Waals surface area contributed by atoms with Crippen molar-refractivity contribution in [3.05, 3.63) is 29.8 Å². The van der Waals surface area contributed by atoms with Gasteiger partial charge in [0.15, 0.2) is 0 Å². The molecule has 0 bridgehead atoms. The molecule has 0 aliphatic rings. The summed E-state index contributed by atoms with van der Waals surface area (Å²) in [7, 11) is 1.69. The van der Waals surface area contributed by atoms with E-state index in [1.165, 1.54) is 5.56 Å². The van der Waals surface area contributed by atoms with Crippen molar-refractivity contribution in [3.63, 3.8) is 0 Å². The first-order chi connectivity index (χ1) is 7.49. The summed E-state index contributed by atoms with van der Waals surface area (Å²) in [6.07, 6.45) is 1.98. The van der Waals surface area contributed by atoms with Crippen molar-refractivity contribution in [2.75, 3.05) is 7.11 Å².